The Bertz CT molecular complexity index is 1810. The van der Waals surface area contributed by atoms with E-state index in [9.17, 15) is 9.59 Å². The summed E-state index contributed by atoms with van der Waals surface area (Å²) in [6.07, 6.45) is 7.21. The van der Waals surface area contributed by atoms with Gasteiger partial charge in [-0.1, -0.05) is 67.1 Å². The van der Waals surface area contributed by atoms with Crippen molar-refractivity contribution >= 4 is 17.9 Å². The fourth-order valence-electron chi connectivity index (χ4n) is 11.5. The van der Waals surface area contributed by atoms with E-state index in [0.29, 0.717) is 25.4 Å². The van der Waals surface area contributed by atoms with E-state index in [0.717, 1.165) is 43.4 Å². The van der Waals surface area contributed by atoms with Gasteiger partial charge in [-0.25, -0.2) is 9.59 Å². The number of carbonyl (C=O) groups excluding carboxylic acids is 2. The highest BCUT2D eigenvalue weighted by molar-refractivity contribution is 5.72. The average molecular weight is 617 g/mol. The molecule has 4 aliphatic carbocycles. The minimum absolute atomic E-state index is 0.00234. The molecule has 236 valence electrons. The summed E-state index contributed by atoms with van der Waals surface area (Å²) in [7, 11) is 2.95. The molecular weight excluding hydrogens is 576 g/mol. The van der Waals surface area contributed by atoms with Crippen molar-refractivity contribution in [2.75, 3.05) is 27.3 Å². The molecule has 2 heterocycles. The minimum Gasteiger partial charge on any atom is -0.453 e. The van der Waals surface area contributed by atoms with Gasteiger partial charge in [-0.15, -0.1) is 0 Å². The molecule has 2 amide bonds. The third-order valence-electron chi connectivity index (χ3n) is 13.0. The smallest absolute Gasteiger partial charge is 0.409 e. The fraction of sp³-hybridized carbons (Fsp3) is 0.474. The molecule has 0 radical (unpaired) electrons. The molecule has 8 heteroatoms. The van der Waals surface area contributed by atoms with Gasteiger partial charge >= 0.3 is 12.2 Å². The van der Waals surface area contributed by atoms with Gasteiger partial charge in [-0.3, -0.25) is 0 Å². The third kappa shape index (κ3) is 3.35. The van der Waals surface area contributed by atoms with E-state index in [4.69, 9.17) is 19.7 Å². The number of fused-ring (bicyclic) bond motifs is 10. The Kier molecular flexibility index (Phi) is 6.04. The van der Waals surface area contributed by atoms with Crippen LogP contribution in [0.3, 0.4) is 0 Å². The van der Waals surface area contributed by atoms with Gasteiger partial charge < -0.3 is 19.3 Å². The van der Waals surface area contributed by atoms with E-state index in [-0.39, 0.29) is 35.1 Å². The highest BCUT2D eigenvalue weighted by Gasteiger charge is 2.70. The van der Waals surface area contributed by atoms with Crippen LogP contribution in [-0.4, -0.2) is 61.4 Å². The summed E-state index contributed by atoms with van der Waals surface area (Å²) in [5.74, 6) is 0.554. The number of methoxy groups -OCH3 is 2. The number of hydrogen-bond donors (Lipinski definition) is 0. The predicted molar refractivity (Wildman–Crippen MR) is 172 cm³/mol. The molecule has 8 nitrogen and oxygen atoms in total. The Labute approximate surface area is 269 Å². The van der Waals surface area contributed by atoms with Crippen LogP contribution in [0.25, 0.3) is 0 Å². The second-order valence-electron chi connectivity index (χ2n) is 14.2. The van der Waals surface area contributed by atoms with Gasteiger partial charge in [-0.2, -0.15) is 10.2 Å². The van der Waals surface area contributed by atoms with Crippen LogP contribution in [0.1, 0.15) is 65.5 Å². The highest BCUT2D eigenvalue weighted by Crippen LogP contribution is 2.69. The van der Waals surface area contributed by atoms with E-state index >= 15 is 0 Å². The summed E-state index contributed by atoms with van der Waals surface area (Å²) in [5.41, 5.74) is 7.90. The normalized spacial score (nSPS) is 33.0. The number of benzene rings is 3. The fourth-order valence-corrected chi connectivity index (χ4v) is 11.5. The van der Waals surface area contributed by atoms with Gasteiger partial charge in [0.25, 0.3) is 0 Å². The number of carbonyl (C=O) groups is 2. The topological polar surface area (TPSA) is 83.8 Å². The van der Waals surface area contributed by atoms with Crippen LogP contribution in [0.2, 0.25) is 0 Å². The molecule has 2 saturated heterocycles. The molecule has 2 aliphatic heterocycles. The SMILES string of the molecule is COC(=O)N1CC[C@]2(N=Nc3cccc4c3C[C@@H]3N(C(=O)OC)CC[C@]43[C@@]34CCC[C@@H]3Cc3ccccc34)c3ccccc3C[C@H]12. The van der Waals surface area contributed by atoms with Crippen molar-refractivity contribution in [2.24, 2.45) is 16.1 Å². The highest BCUT2D eigenvalue weighted by atomic mass is 16.5. The van der Waals surface area contributed by atoms with Crippen molar-refractivity contribution < 1.29 is 19.1 Å². The Morgan fingerprint density at radius 3 is 2.17 bits per heavy atom. The molecule has 1 saturated carbocycles. The standard InChI is InChI=1S/C38H40N4O4/c1-45-34(43)41-19-17-37(36-16-8-11-26(36)21-24-9-3-5-12-28(24)36)30-14-7-15-31(27(30)23-32(37)41)39-40-38-18-20-42(35(44)46-2)33(38)22-25-10-4-6-13-29(25)38/h3-7,9-10,12-15,26,32-33H,8,11,16-23H2,1-2H3/t26-,32+,33+,36+,37+,38+/m1/s1. The van der Waals surface area contributed by atoms with Crippen molar-refractivity contribution in [1.82, 2.24) is 9.80 Å². The predicted octanol–water partition coefficient (Wildman–Crippen LogP) is 6.99. The lowest BCUT2D eigenvalue weighted by Gasteiger charge is -2.50. The van der Waals surface area contributed by atoms with E-state index in [1.54, 1.807) is 0 Å². The molecular formula is C38H40N4O4. The Hall–Kier alpha value is -4.20. The Morgan fingerprint density at radius 1 is 0.717 bits per heavy atom. The number of amides is 2. The number of azo groups is 1. The quantitative estimate of drug-likeness (QED) is 0.297. The maximum absolute atomic E-state index is 13.4. The van der Waals surface area contributed by atoms with E-state index in [1.807, 2.05) is 9.80 Å². The van der Waals surface area contributed by atoms with Gasteiger partial charge in [0.1, 0.15) is 5.54 Å². The van der Waals surface area contributed by atoms with Gasteiger partial charge in [0, 0.05) is 30.0 Å². The summed E-state index contributed by atoms with van der Waals surface area (Å²) < 4.78 is 10.6. The van der Waals surface area contributed by atoms with Crippen molar-refractivity contribution in [3.8, 4) is 0 Å². The number of likely N-dealkylation sites (tertiary alicyclic amines) is 2. The number of nitrogens with zero attached hydrogens (tertiary/aromatic N) is 4. The van der Waals surface area contributed by atoms with Gasteiger partial charge in [0.05, 0.1) is 25.9 Å². The van der Waals surface area contributed by atoms with Gasteiger partial charge in [0.15, 0.2) is 0 Å². The third-order valence-corrected chi connectivity index (χ3v) is 13.0. The molecule has 0 N–H and O–H groups in total. The molecule has 0 aromatic heterocycles. The lowest BCUT2D eigenvalue weighted by atomic mass is 9.53. The Balaban J connectivity index is 1.19. The first-order chi connectivity index (χ1) is 22.5. The summed E-state index contributed by atoms with van der Waals surface area (Å²) in [5, 5.41) is 10.4. The zero-order chi connectivity index (χ0) is 31.3. The lowest BCUT2D eigenvalue weighted by Crippen LogP contribution is -2.55. The molecule has 0 bridgehead atoms. The molecule has 0 unspecified atom stereocenters. The molecule has 3 aromatic rings. The minimum atomic E-state index is -0.614. The molecule has 46 heavy (non-hydrogen) atoms. The Morgan fingerprint density at radius 2 is 1.39 bits per heavy atom. The summed E-state index contributed by atoms with van der Waals surface area (Å²) in [6, 6.07) is 23.9. The average Bonchev–Trinajstić information content (AvgIpc) is 3.91. The lowest BCUT2D eigenvalue weighted by molar-refractivity contribution is 0.0923. The van der Waals surface area contributed by atoms with Crippen molar-refractivity contribution in [1.29, 1.82) is 0 Å². The molecule has 9 rings (SSSR count). The van der Waals surface area contributed by atoms with Crippen LogP contribution >= 0.6 is 0 Å². The van der Waals surface area contributed by atoms with Crippen LogP contribution in [0.4, 0.5) is 15.3 Å². The van der Waals surface area contributed by atoms with Gasteiger partial charge in [0.2, 0.25) is 0 Å². The molecule has 3 aromatic carbocycles. The number of rotatable bonds is 3. The van der Waals surface area contributed by atoms with E-state index in [2.05, 4.69) is 66.7 Å². The first-order valence-corrected chi connectivity index (χ1v) is 16.9. The van der Waals surface area contributed by atoms with Crippen LogP contribution in [0.5, 0.6) is 0 Å². The maximum Gasteiger partial charge on any atom is 0.409 e. The second kappa shape index (κ2) is 9.90. The first-order valence-electron chi connectivity index (χ1n) is 16.9. The molecule has 0 spiro atoms. The summed E-state index contributed by atoms with van der Waals surface area (Å²) in [4.78, 5) is 30.0. The van der Waals surface area contributed by atoms with Crippen LogP contribution in [-0.2, 0) is 45.1 Å². The molecule has 6 atom stereocenters. The summed E-state index contributed by atoms with van der Waals surface area (Å²) in [6.45, 7) is 1.28. The maximum atomic E-state index is 13.4. The van der Waals surface area contributed by atoms with E-state index < -0.39 is 5.54 Å². The monoisotopic (exact) mass is 616 g/mol. The van der Waals surface area contributed by atoms with Gasteiger partial charge in [-0.05, 0) is 90.3 Å². The largest absolute Gasteiger partial charge is 0.453 e. The molecule has 3 fully saturated rings. The zero-order valence-electron chi connectivity index (χ0n) is 26.6. The number of ether oxygens (including phenoxy) is 2. The van der Waals surface area contributed by atoms with Crippen molar-refractivity contribution in [3.05, 3.63) is 100 Å². The van der Waals surface area contributed by atoms with Crippen LogP contribution in [0, 0.1) is 5.92 Å². The van der Waals surface area contributed by atoms with Crippen molar-refractivity contribution in [3.63, 3.8) is 0 Å². The van der Waals surface area contributed by atoms with E-state index in [1.165, 1.54) is 54.9 Å². The molecule has 6 aliphatic rings. The van der Waals surface area contributed by atoms with Crippen LogP contribution in [0.15, 0.2) is 77.0 Å². The number of hydrogen-bond acceptors (Lipinski definition) is 6. The van der Waals surface area contributed by atoms with Crippen molar-refractivity contribution in [2.45, 2.75) is 79.8 Å². The first kappa shape index (κ1) is 28.1. The summed E-state index contributed by atoms with van der Waals surface area (Å²) >= 11 is 0. The van der Waals surface area contributed by atoms with Crippen LogP contribution < -0.4 is 0 Å². The second-order valence-corrected chi connectivity index (χ2v) is 14.2. The zero-order valence-corrected chi connectivity index (χ0v) is 26.6.